The zero-order valence-electron chi connectivity index (χ0n) is 16.3. The molecule has 5 nitrogen and oxygen atoms in total. The molecular weight excluding hydrogens is 350 g/mol. The van der Waals surface area contributed by atoms with Gasteiger partial charge in [0.25, 0.3) is 0 Å². The summed E-state index contributed by atoms with van der Waals surface area (Å²) in [5, 5.41) is 3.34. The molecule has 0 bridgehead atoms. The van der Waals surface area contributed by atoms with Crippen molar-refractivity contribution < 1.29 is 9.47 Å². The number of aliphatic imine (C=N–C) groups is 1. The predicted octanol–water partition coefficient (Wildman–Crippen LogP) is 3.90. The molecule has 2 aromatic carbocycles. The van der Waals surface area contributed by atoms with Crippen molar-refractivity contribution in [3.8, 4) is 5.75 Å². The third-order valence-corrected chi connectivity index (χ3v) is 5.50. The summed E-state index contributed by atoms with van der Waals surface area (Å²) in [6, 6.07) is 16.9. The lowest BCUT2D eigenvalue weighted by Crippen LogP contribution is -2.37. The summed E-state index contributed by atoms with van der Waals surface area (Å²) in [4.78, 5) is 4.48. The van der Waals surface area contributed by atoms with Gasteiger partial charge < -0.3 is 20.5 Å². The van der Waals surface area contributed by atoms with Gasteiger partial charge in [0.05, 0.1) is 18.8 Å². The van der Waals surface area contributed by atoms with Gasteiger partial charge in [-0.05, 0) is 42.9 Å². The zero-order valence-corrected chi connectivity index (χ0v) is 16.3. The topological polar surface area (TPSA) is 68.9 Å². The highest BCUT2D eigenvalue weighted by molar-refractivity contribution is 5.78. The third-order valence-electron chi connectivity index (χ3n) is 5.50. The van der Waals surface area contributed by atoms with Crippen LogP contribution >= 0.6 is 0 Å². The van der Waals surface area contributed by atoms with Crippen LogP contribution in [0.2, 0.25) is 0 Å². The van der Waals surface area contributed by atoms with Crippen LogP contribution in [-0.4, -0.2) is 25.7 Å². The number of fused-ring (bicyclic) bond motifs is 2. The standard InChI is InChI=1S/C23H29N3O2/c24-23(26-20-13-16-28-22-11-4-3-10-19(20)22)25-14-6-15-27-21-12-5-8-17-7-1-2-9-18(17)21/h1-4,7,9-11,20-21H,5-6,8,12-16H2,(H3,24,25,26). The maximum Gasteiger partial charge on any atom is 0.189 e. The Bertz CT molecular complexity index is 821. The van der Waals surface area contributed by atoms with E-state index < -0.39 is 0 Å². The average Bonchev–Trinajstić information content (AvgIpc) is 2.74. The van der Waals surface area contributed by atoms with Crippen molar-refractivity contribution in [2.75, 3.05) is 19.8 Å². The molecule has 2 unspecified atom stereocenters. The molecule has 5 heteroatoms. The van der Waals surface area contributed by atoms with E-state index in [0.29, 0.717) is 25.7 Å². The molecule has 2 atom stereocenters. The Morgan fingerprint density at radius 1 is 1.11 bits per heavy atom. The van der Waals surface area contributed by atoms with Crippen molar-refractivity contribution in [3.63, 3.8) is 0 Å². The number of aryl methyl sites for hydroxylation is 1. The number of rotatable bonds is 6. The number of para-hydroxylation sites is 1. The van der Waals surface area contributed by atoms with Gasteiger partial charge in [-0.3, -0.25) is 4.99 Å². The van der Waals surface area contributed by atoms with Gasteiger partial charge in [-0.2, -0.15) is 0 Å². The van der Waals surface area contributed by atoms with Crippen LogP contribution in [0.1, 0.15) is 54.5 Å². The van der Waals surface area contributed by atoms with Crippen molar-refractivity contribution >= 4 is 5.96 Å². The average molecular weight is 380 g/mol. The molecule has 148 valence electrons. The van der Waals surface area contributed by atoms with E-state index in [1.165, 1.54) is 17.5 Å². The van der Waals surface area contributed by atoms with Gasteiger partial charge in [0.2, 0.25) is 0 Å². The number of nitrogens with one attached hydrogen (secondary N) is 1. The van der Waals surface area contributed by atoms with Crippen LogP contribution in [0.5, 0.6) is 5.75 Å². The summed E-state index contributed by atoms with van der Waals surface area (Å²) < 4.78 is 11.8. The molecular formula is C23H29N3O2. The van der Waals surface area contributed by atoms with Crippen molar-refractivity contribution in [1.82, 2.24) is 5.32 Å². The Balaban J connectivity index is 1.23. The van der Waals surface area contributed by atoms with E-state index in [-0.39, 0.29) is 12.1 Å². The first-order chi connectivity index (χ1) is 13.8. The molecule has 28 heavy (non-hydrogen) atoms. The maximum absolute atomic E-state index is 6.14. The quantitative estimate of drug-likeness (QED) is 0.454. The number of nitrogens with two attached hydrogens (primary N) is 1. The second kappa shape index (κ2) is 9.11. The smallest absolute Gasteiger partial charge is 0.189 e. The fourth-order valence-corrected chi connectivity index (χ4v) is 4.09. The fourth-order valence-electron chi connectivity index (χ4n) is 4.09. The Morgan fingerprint density at radius 2 is 1.93 bits per heavy atom. The summed E-state index contributed by atoms with van der Waals surface area (Å²) in [6.45, 7) is 2.06. The van der Waals surface area contributed by atoms with Crippen molar-refractivity contribution in [2.45, 2.75) is 44.2 Å². The van der Waals surface area contributed by atoms with E-state index >= 15 is 0 Å². The third kappa shape index (κ3) is 4.47. The minimum Gasteiger partial charge on any atom is -0.493 e. The lowest BCUT2D eigenvalue weighted by molar-refractivity contribution is 0.0403. The highest BCUT2D eigenvalue weighted by Gasteiger charge is 2.21. The van der Waals surface area contributed by atoms with E-state index in [1.54, 1.807) is 0 Å². The molecule has 0 spiro atoms. The van der Waals surface area contributed by atoms with Gasteiger partial charge in [-0.25, -0.2) is 0 Å². The number of benzene rings is 2. The van der Waals surface area contributed by atoms with Crippen molar-refractivity contribution in [2.24, 2.45) is 10.7 Å². The number of hydrogen-bond donors (Lipinski definition) is 2. The van der Waals surface area contributed by atoms with Gasteiger partial charge in [-0.15, -0.1) is 0 Å². The van der Waals surface area contributed by atoms with E-state index in [2.05, 4.69) is 40.6 Å². The fraction of sp³-hybridized carbons (Fsp3) is 0.435. The molecule has 1 heterocycles. The monoisotopic (exact) mass is 379 g/mol. The Kier molecular flexibility index (Phi) is 6.12. The van der Waals surface area contributed by atoms with Gasteiger partial charge in [-0.1, -0.05) is 42.5 Å². The maximum atomic E-state index is 6.14. The lowest BCUT2D eigenvalue weighted by atomic mass is 9.89. The summed E-state index contributed by atoms with van der Waals surface area (Å²) in [7, 11) is 0. The first-order valence-corrected chi connectivity index (χ1v) is 10.3. The minimum atomic E-state index is 0.156. The number of hydrogen-bond acceptors (Lipinski definition) is 3. The van der Waals surface area contributed by atoms with Crippen LogP contribution < -0.4 is 15.8 Å². The molecule has 0 radical (unpaired) electrons. The highest BCUT2D eigenvalue weighted by Crippen LogP contribution is 2.32. The summed E-state index contributed by atoms with van der Waals surface area (Å²) in [5.74, 6) is 1.42. The van der Waals surface area contributed by atoms with Crippen LogP contribution in [0.4, 0.5) is 0 Å². The van der Waals surface area contributed by atoms with E-state index in [1.807, 2.05) is 18.2 Å². The Labute approximate surface area is 167 Å². The first-order valence-electron chi connectivity index (χ1n) is 10.3. The highest BCUT2D eigenvalue weighted by atomic mass is 16.5. The summed E-state index contributed by atoms with van der Waals surface area (Å²) in [6.07, 6.45) is 5.44. The molecule has 0 saturated carbocycles. The molecule has 4 rings (SSSR count). The molecule has 2 aliphatic rings. The number of ether oxygens (including phenoxy) is 2. The normalized spacial score (nSPS) is 21.4. The second-order valence-electron chi connectivity index (χ2n) is 7.44. The molecule has 1 aliphatic carbocycles. The van der Waals surface area contributed by atoms with Gasteiger partial charge in [0.1, 0.15) is 5.75 Å². The molecule has 3 N–H and O–H groups in total. The largest absolute Gasteiger partial charge is 0.493 e. The zero-order chi connectivity index (χ0) is 19.2. The van der Waals surface area contributed by atoms with Gasteiger partial charge >= 0.3 is 0 Å². The molecule has 0 fully saturated rings. The van der Waals surface area contributed by atoms with Crippen molar-refractivity contribution in [3.05, 3.63) is 65.2 Å². The molecule has 2 aromatic rings. The van der Waals surface area contributed by atoms with Crippen LogP contribution in [0.25, 0.3) is 0 Å². The van der Waals surface area contributed by atoms with Crippen LogP contribution in [-0.2, 0) is 11.2 Å². The minimum absolute atomic E-state index is 0.156. The predicted molar refractivity (Wildman–Crippen MR) is 112 cm³/mol. The molecule has 0 saturated heterocycles. The Hall–Kier alpha value is -2.53. The first kappa shape index (κ1) is 18.8. The van der Waals surface area contributed by atoms with E-state index in [9.17, 15) is 0 Å². The molecule has 1 aliphatic heterocycles. The number of guanidine groups is 1. The van der Waals surface area contributed by atoms with Crippen LogP contribution in [0.3, 0.4) is 0 Å². The molecule has 0 amide bonds. The lowest BCUT2D eigenvalue weighted by Gasteiger charge is -2.27. The summed E-state index contributed by atoms with van der Waals surface area (Å²) in [5.41, 5.74) is 10.0. The van der Waals surface area contributed by atoms with Gasteiger partial charge in [0.15, 0.2) is 5.96 Å². The van der Waals surface area contributed by atoms with Gasteiger partial charge in [0, 0.05) is 25.1 Å². The van der Waals surface area contributed by atoms with Crippen molar-refractivity contribution in [1.29, 1.82) is 0 Å². The Morgan fingerprint density at radius 3 is 2.86 bits per heavy atom. The molecule has 0 aromatic heterocycles. The second-order valence-corrected chi connectivity index (χ2v) is 7.44. The van der Waals surface area contributed by atoms with E-state index in [0.717, 1.165) is 37.0 Å². The van der Waals surface area contributed by atoms with E-state index in [4.69, 9.17) is 15.2 Å². The van der Waals surface area contributed by atoms with Crippen LogP contribution in [0.15, 0.2) is 53.5 Å². The SMILES string of the molecule is NC(=NCCCOC1CCCc2ccccc21)NC1CCOc2ccccc21. The number of nitrogens with zero attached hydrogens (tertiary/aromatic N) is 1. The van der Waals surface area contributed by atoms with Crippen LogP contribution in [0, 0.1) is 0 Å². The summed E-state index contributed by atoms with van der Waals surface area (Å²) >= 11 is 0.